The molecule has 0 heterocycles. The van der Waals surface area contributed by atoms with E-state index in [1.165, 1.54) is 12.5 Å². The molecule has 1 unspecified atom stereocenters. The number of hydrogen-bond acceptors (Lipinski definition) is 3. The molecule has 116 valence electrons. The van der Waals surface area contributed by atoms with Crippen molar-refractivity contribution in [1.82, 2.24) is 5.32 Å². The minimum absolute atomic E-state index is 0.0237. The van der Waals surface area contributed by atoms with Gasteiger partial charge in [-0.05, 0) is 49.8 Å². The van der Waals surface area contributed by atoms with Crippen molar-refractivity contribution < 1.29 is 13.2 Å². The monoisotopic (exact) mass is 329 g/mol. The highest BCUT2D eigenvalue weighted by Crippen LogP contribution is 2.29. The summed E-state index contributed by atoms with van der Waals surface area (Å²) in [6.45, 7) is 3.83. The number of aryl methyl sites for hydroxylation is 1. The second-order valence-corrected chi connectivity index (χ2v) is 8.10. The minimum atomic E-state index is -3.85. The maximum atomic E-state index is 12.2. The molecular formula is C15H20ClNO3S. The van der Waals surface area contributed by atoms with E-state index in [1.807, 2.05) is 13.8 Å². The number of halogens is 1. The van der Waals surface area contributed by atoms with Crippen LogP contribution in [0.15, 0.2) is 23.1 Å². The van der Waals surface area contributed by atoms with Gasteiger partial charge < -0.3 is 5.32 Å². The SMILES string of the molecule is CCc1ccc(C(=O)NC(C)C2CCC2)cc1S(=O)(=O)Cl. The Morgan fingerprint density at radius 1 is 1.43 bits per heavy atom. The summed E-state index contributed by atoms with van der Waals surface area (Å²) in [6.07, 6.45) is 4.03. The van der Waals surface area contributed by atoms with Gasteiger partial charge >= 0.3 is 0 Å². The van der Waals surface area contributed by atoms with Crippen molar-refractivity contribution >= 4 is 25.6 Å². The predicted octanol–water partition coefficient (Wildman–Crippen LogP) is 3.09. The molecule has 6 heteroatoms. The van der Waals surface area contributed by atoms with Gasteiger partial charge in [0.25, 0.3) is 15.0 Å². The lowest BCUT2D eigenvalue weighted by molar-refractivity contribution is 0.0909. The standard InChI is InChI=1S/C15H20ClNO3S/c1-3-11-7-8-13(9-14(11)21(16,19)20)15(18)17-10(2)12-5-4-6-12/h7-10,12H,3-6H2,1-2H3,(H,17,18). The first kappa shape index (κ1) is 16.3. The molecule has 4 nitrogen and oxygen atoms in total. The molecule has 1 aromatic carbocycles. The third kappa shape index (κ3) is 3.77. The largest absolute Gasteiger partial charge is 0.349 e. The van der Waals surface area contributed by atoms with Crippen LogP contribution in [0.2, 0.25) is 0 Å². The van der Waals surface area contributed by atoms with E-state index < -0.39 is 9.05 Å². The summed E-state index contributed by atoms with van der Waals surface area (Å²) in [4.78, 5) is 12.3. The summed E-state index contributed by atoms with van der Waals surface area (Å²) in [6, 6.07) is 4.77. The normalized spacial score (nSPS) is 17.1. The van der Waals surface area contributed by atoms with Crippen LogP contribution in [-0.2, 0) is 15.5 Å². The first-order valence-electron chi connectivity index (χ1n) is 7.21. The van der Waals surface area contributed by atoms with E-state index >= 15 is 0 Å². The second kappa shape index (κ2) is 6.36. The fraction of sp³-hybridized carbons (Fsp3) is 0.533. The summed E-state index contributed by atoms with van der Waals surface area (Å²) >= 11 is 0. The fourth-order valence-electron chi connectivity index (χ4n) is 2.56. The molecule has 1 atom stereocenters. The summed E-state index contributed by atoms with van der Waals surface area (Å²) in [5, 5.41) is 2.94. The number of amides is 1. The smallest absolute Gasteiger partial charge is 0.261 e. The minimum Gasteiger partial charge on any atom is -0.349 e. The van der Waals surface area contributed by atoms with Crippen molar-refractivity contribution in [2.24, 2.45) is 5.92 Å². The molecule has 0 saturated heterocycles. The number of nitrogens with one attached hydrogen (secondary N) is 1. The molecule has 2 rings (SSSR count). The lowest BCUT2D eigenvalue weighted by atomic mass is 9.80. The molecular weight excluding hydrogens is 310 g/mol. The van der Waals surface area contributed by atoms with Gasteiger partial charge in [-0.3, -0.25) is 4.79 Å². The molecule has 0 aromatic heterocycles. The lowest BCUT2D eigenvalue weighted by Gasteiger charge is -2.31. The zero-order chi connectivity index (χ0) is 15.6. The van der Waals surface area contributed by atoms with Crippen LogP contribution in [-0.4, -0.2) is 20.4 Å². The first-order valence-corrected chi connectivity index (χ1v) is 9.52. The number of hydrogen-bond donors (Lipinski definition) is 1. The Kier molecular flexibility index (Phi) is 4.94. The van der Waals surface area contributed by atoms with Crippen LogP contribution in [0.25, 0.3) is 0 Å². The molecule has 0 radical (unpaired) electrons. The maximum Gasteiger partial charge on any atom is 0.261 e. The van der Waals surface area contributed by atoms with E-state index in [-0.39, 0.29) is 16.8 Å². The third-order valence-corrected chi connectivity index (χ3v) is 5.59. The highest BCUT2D eigenvalue weighted by molar-refractivity contribution is 8.13. The van der Waals surface area contributed by atoms with Crippen LogP contribution in [0.4, 0.5) is 0 Å². The molecule has 1 aromatic rings. The average molecular weight is 330 g/mol. The van der Waals surface area contributed by atoms with Crippen LogP contribution < -0.4 is 5.32 Å². The zero-order valence-electron chi connectivity index (χ0n) is 12.2. The van der Waals surface area contributed by atoms with E-state index in [0.717, 1.165) is 12.8 Å². The van der Waals surface area contributed by atoms with E-state index in [4.69, 9.17) is 10.7 Å². The van der Waals surface area contributed by atoms with Crippen LogP contribution in [0.5, 0.6) is 0 Å². The van der Waals surface area contributed by atoms with Gasteiger partial charge in [0, 0.05) is 22.3 Å². The molecule has 0 aliphatic heterocycles. The summed E-state index contributed by atoms with van der Waals surface area (Å²) < 4.78 is 23.2. The Hall–Kier alpha value is -1.07. The molecule has 1 saturated carbocycles. The molecule has 1 N–H and O–H groups in total. The van der Waals surface area contributed by atoms with Gasteiger partial charge in [-0.2, -0.15) is 0 Å². The quantitative estimate of drug-likeness (QED) is 0.844. The summed E-state index contributed by atoms with van der Waals surface area (Å²) in [5.74, 6) is 0.277. The van der Waals surface area contributed by atoms with Crippen molar-refractivity contribution in [3.8, 4) is 0 Å². The van der Waals surface area contributed by atoms with Crippen molar-refractivity contribution in [2.45, 2.75) is 50.5 Å². The van der Waals surface area contributed by atoms with Gasteiger partial charge in [-0.15, -0.1) is 0 Å². The second-order valence-electron chi connectivity index (χ2n) is 5.57. The number of carbonyl (C=O) groups excluding carboxylic acids is 1. The van der Waals surface area contributed by atoms with Crippen LogP contribution in [0.3, 0.4) is 0 Å². The summed E-state index contributed by atoms with van der Waals surface area (Å²) in [5.41, 5.74) is 0.950. The van der Waals surface area contributed by atoms with E-state index in [2.05, 4.69) is 5.32 Å². The Labute approximate surface area is 130 Å². The van der Waals surface area contributed by atoms with Crippen LogP contribution in [0, 0.1) is 5.92 Å². The molecule has 1 fully saturated rings. The lowest BCUT2D eigenvalue weighted by Crippen LogP contribution is -2.40. The molecule has 0 spiro atoms. The van der Waals surface area contributed by atoms with Crippen molar-refractivity contribution in [3.63, 3.8) is 0 Å². The van der Waals surface area contributed by atoms with Crippen molar-refractivity contribution in [2.75, 3.05) is 0 Å². The Morgan fingerprint density at radius 3 is 2.57 bits per heavy atom. The molecule has 21 heavy (non-hydrogen) atoms. The predicted molar refractivity (Wildman–Crippen MR) is 83.1 cm³/mol. The van der Waals surface area contributed by atoms with Gasteiger partial charge in [0.15, 0.2) is 0 Å². The first-order chi connectivity index (χ1) is 9.82. The van der Waals surface area contributed by atoms with Crippen LogP contribution in [0.1, 0.15) is 49.0 Å². The maximum absolute atomic E-state index is 12.2. The number of carbonyl (C=O) groups is 1. The summed E-state index contributed by atoms with van der Waals surface area (Å²) in [7, 11) is 1.60. The van der Waals surface area contributed by atoms with E-state index in [1.54, 1.807) is 12.1 Å². The topological polar surface area (TPSA) is 63.2 Å². The Morgan fingerprint density at radius 2 is 2.10 bits per heavy atom. The van der Waals surface area contributed by atoms with Gasteiger partial charge in [-0.25, -0.2) is 8.42 Å². The molecule has 1 aliphatic rings. The number of rotatable bonds is 5. The van der Waals surface area contributed by atoms with Crippen LogP contribution >= 0.6 is 10.7 Å². The molecule has 1 amide bonds. The zero-order valence-corrected chi connectivity index (χ0v) is 13.8. The third-order valence-electron chi connectivity index (χ3n) is 4.19. The van der Waals surface area contributed by atoms with Gasteiger partial charge in [-0.1, -0.05) is 19.4 Å². The van der Waals surface area contributed by atoms with Gasteiger partial charge in [0.1, 0.15) is 0 Å². The van der Waals surface area contributed by atoms with Gasteiger partial charge in [0.2, 0.25) is 0 Å². The fourth-order valence-corrected chi connectivity index (χ4v) is 3.79. The Bertz CT molecular complexity index is 638. The number of benzene rings is 1. The highest BCUT2D eigenvalue weighted by atomic mass is 35.7. The highest BCUT2D eigenvalue weighted by Gasteiger charge is 2.26. The molecule has 0 bridgehead atoms. The van der Waals surface area contributed by atoms with Gasteiger partial charge in [0.05, 0.1) is 4.90 Å². The Balaban J connectivity index is 2.21. The van der Waals surface area contributed by atoms with Crippen molar-refractivity contribution in [3.05, 3.63) is 29.3 Å². The average Bonchev–Trinajstić information content (AvgIpc) is 2.34. The van der Waals surface area contributed by atoms with Crippen molar-refractivity contribution in [1.29, 1.82) is 0 Å². The van der Waals surface area contributed by atoms with E-state index in [0.29, 0.717) is 23.5 Å². The molecule has 1 aliphatic carbocycles. The van der Waals surface area contributed by atoms with E-state index in [9.17, 15) is 13.2 Å².